The van der Waals surface area contributed by atoms with E-state index in [1.54, 1.807) is 24.3 Å². The number of anilines is 1. The van der Waals surface area contributed by atoms with Gasteiger partial charge in [-0.3, -0.25) is 13.9 Å². The maximum atomic E-state index is 14.1. The molecule has 214 valence electrons. The molecule has 0 fully saturated rings. The molecule has 7 nitrogen and oxygen atoms in total. The van der Waals surface area contributed by atoms with Gasteiger partial charge in [-0.15, -0.1) is 0 Å². The van der Waals surface area contributed by atoms with Gasteiger partial charge < -0.3 is 10.2 Å². The molecule has 0 heterocycles. The van der Waals surface area contributed by atoms with Gasteiger partial charge in [-0.2, -0.15) is 0 Å². The summed E-state index contributed by atoms with van der Waals surface area (Å²) in [5, 5.41) is 2.94. The van der Waals surface area contributed by atoms with Gasteiger partial charge in [0, 0.05) is 19.5 Å². The van der Waals surface area contributed by atoms with E-state index in [2.05, 4.69) is 5.32 Å². The topological polar surface area (TPSA) is 86.8 Å². The minimum Gasteiger partial charge on any atom is -0.354 e. The van der Waals surface area contributed by atoms with Crippen LogP contribution < -0.4 is 9.62 Å². The summed E-state index contributed by atoms with van der Waals surface area (Å²) in [4.78, 5) is 29.0. The van der Waals surface area contributed by atoms with Gasteiger partial charge in [0.25, 0.3) is 0 Å². The molecule has 0 bridgehead atoms. The first-order valence-electron chi connectivity index (χ1n) is 13.4. The van der Waals surface area contributed by atoms with Crippen LogP contribution in [0.4, 0.5) is 10.1 Å². The number of hydrogen-bond acceptors (Lipinski definition) is 4. The Hall–Kier alpha value is -3.72. The first-order chi connectivity index (χ1) is 19.0. The second-order valence-corrected chi connectivity index (χ2v) is 11.9. The van der Waals surface area contributed by atoms with Crippen molar-refractivity contribution in [1.82, 2.24) is 10.2 Å². The van der Waals surface area contributed by atoms with Gasteiger partial charge in [0.05, 0.1) is 11.9 Å². The van der Waals surface area contributed by atoms with Crippen LogP contribution >= 0.6 is 0 Å². The highest BCUT2D eigenvalue weighted by Crippen LogP contribution is 2.26. The van der Waals surface area contributed by atoms with Crippen LogP contribution in [0.25, 0.3) is 0 Å². The van der Waals surface area contributed by atoms with Crippen LogP contribution in [-0.2, 0) is 32.6 Å². The molecule has 0 spiro atoms. The summed E-state index contributed by atoms with van der Waals surface area (Å²) in [5.74, 6) is -1.29. The first-order valence-corrected chi connectivity index (χ1v) is 15.3. The van der Waals surface area contributed by atoms with Crippen LogP contribution in [-0.4, -0.2) is 50.5 Å². The molecule has 0 unspecified atom stereocenters. The largest absolute Gasteiger partial charge is 0.354 e. The third kappa shape index (κ3) is 8.39. The predicted molar refractivity (Wildman–Crippen MR) is 157 cm³/mol. The molecule has 0 aliphatic rings. The second kappa shape index (κ2) is 14.1. The Labute approximate surface area is 237 Å². The summed E-state index contributed by atoms with van der Waals surface area (Å²) >= 11 is 0. The normalized spacial score (nSPS) is 12.0. The smallest absolute Gasteiger partial charge is 0.244 e. The Balaban J connectivity index is 2.05. The van der Waals surface area contributed by atoms with Gasteiger partial charge in [-0.05, 0) is 60.7 Å². The molecule has 0 aliphatic carbocycles. The van der Waals surface area contributed by atoms with Crippen LogP contribution in [0.5, 0.6) is 0 Å². The lowest BCUT2D eigenvalue weighted by molar-refractivity contribution is -0.140. The molecule has 0 saturated heterocycles. The maximum absolute atomic E-state index is 14.1. The highest BCUT2D eigenvalue weighted by Gasteiger charge is 2.33. The fourth-order valence-corrected chi connectivity index (χ4v) is 5.35. The summed E-state index contributed by atoms with van der Waals surface area (Å²) in [6, 6.07) is 19.4. The van der Waals surface area contributed by atoms with Crippen LogP contribution in [0.1, 0.15) is 42.0 Å². The summed E-state index contributed by atoms with van der Waals surface area (Å²) < 4.78 is 40.7. The van der Waals surface area contributed by atoms with E-state index in [0.29, 0.717) is 17.8 Å². The molecule has 40 heavy (non-hydrogen) atoms. The second-order valence-electron chi connectivity index (χ2n) is 9.99. The summed E-state index contributed by atoms with van der Waals surface area (Å²) in [6.07, 6.45) is 2.96. The lowest BCUT2D eigenvalue weighted by Gasteiger charge is -2.34. The van der Waals surface area contributed by atoms with E-state index in [1.807, 2.05) is 57.2 Å². The minimum absolute atomic E-state index is 0.00220. The van der Waals surface area contributed by atoms with E-state index >= 15 is 0 Å². The molecule has 3 rings (SSSR count). The SMILES string of the molecule is CCCCNC(=O)[C@@H](Cc1ccccc1)N(Cc1ccc(F)cc1)C(=O)CN(c1cccc(C)c1C)S(C)(=O)=O. The van der Waals surface area contributed by atoms with E-state index in [0.717, 1.165) is 40.1 Å². The number of sulfonamides is 1. The van der Waals surface area contributed by atoms with Crippen molar-refractivity contribution in [1.29, 1.82) is 0 Å². The lowest BCUT2D eigenvalue weighted by atomic mass is 10.0. The molecular formula is C31H38FN3O4S. The quantitative estimate of drug-likeness (QED) is 0.302. The lowest BCUT2D eigenvalue weighted by Crippen LogP contribution is -2.53. The number of amides is 2. The van der Waals surface area contributed by atoms with E-state index in [9.17, 15) is 22.4 Å². The molecule has 0 aliphatic heterocycles. The Morgan fingerprint density at radius 2 is 1.60 bits per heavy atom. The van der Waals surface area contributed by atoms with E-state index in [1.165, 1.54) is 17.0 Å². The van der Waals surface area contributed by atoms with Crippen LogP contribution in [0.3, 0.4) is 0 Å². The number of carbonyl (C=O) groups is 2. The van der Waals surface area contributed by atoms with Crippen molar-refractivity contribution in [2.45, 2.75) is 52.6 Å². The fraction of sp³-hybridized carbons (Fsp3) is 0.355. The number of rotatable bonds is 13. The number of benzene rings is 3. The Kier molecular flexibility index (Phi) is 10.8. The van der Waals surface area contributed by atoms with E-state index in [4.69, 9.17) is 0 Å². The van der Waals surface area contributed by atoms with Crippen molar-refractivity contribution in [3.8, 4) is 0 Å². The highest BCUT2D eigenvalue weighted by molar-refractivity contribution is 7.92. The van der Waals surface area contributed by atoms with Crippen LogP contribution in [0.15, 0.2) is 72.8 Å². The van der Waals surface area contributed by atoms with Gasteiger partial charge in [0.15, 0.2) is 0 Å². The van der Waals surface area contributed by atoms with Crippen LogP contribution in [0.2, 0.25) is 0 Å². The average molecular weight is 568 g/mol. The molecule has 3 aromatic rings. The third-order valence-corrected chi connectivity index (χ3v) is 8.02. The van der Waals surface area contributed by atoms with Crippen molar-refractivity contribution in [2.24, 2.45) is 0 Å². The molecule has 2 amide bonds. The van der Waals surface area contributed by atoms with E-state index in [-0.39, 0.29) is 18.9 Å². The van der Waals surface area contributed by atoms with Crippen molar-refractivity contribution >= 4 is 27.5 Å². The van der Waals surface area contributed by atoms with Crippen molar-refractivity contribution in [2.75, 3.05) is 23.7 Å². The number of halogens is 1. The predicted octanol–water partition coefficient (Wildman–Crippen LogP) is 4.76. The van der Waals surface area contributed by atoms with Gasteiger partial charge in [0.1, 0.15) is 18.4 Å². The van der Waals surface area contributed by atoms with E-state index < -0.39 is 34.3 Å². The monoisotopic (exact) mass is 567 g/mol. The summed E-state index contributed by atoms with van der Waals surface area (Å²) in [6.45, 7) is 5.67. The molecule has 1 N–H and O–H groups in total. The van der Waals surface area contributed by atoms with Crippen LogP contribution in [0, 0.1) is 19.7 Å². The zero-order valence-corrected chi connectivity index (χ0v) is 24.4. The highest BCUT2D eigenvalue weighted by atomic mass is 32.2. The Morgan fingerprint density at radius 1 is 0.925 bits per heavy atom. The summed E-state index contributed by atoms with van der Waals surface area (Å²) in [7, 11) is -3.85. The van der Waals surface area contributed by atoms with Gasteiger partial charge in [-0.1, -0.05) is 67.9 Å². The van der Waals surface area contributed by atoms with Crippen molar-refractivity contribution in [3.63, 3.8) is 0 Å². The van der Waals surface area contributed by atoms with Gasteiger partial charge in [0.2, 0.25) is 21.8 Å². The number of unbranched alkanes of at least 4 members (excludes halogenated alkanes) is 1. The number of nitrogens with one attached hydrogen (secondary N) is 1. The molecule has 9 heteroatoms. The average Bonchev–Trinajstić information content (AvgIpc) is 2.92. The molecule has 0 saturated carbocycles. The third-order valence-electron chi connectivity index (χ3n) is 6.89. The number of hydrogen-bond donors (Lipinski definition) is 1. The Bertz CT molecular complexity index is 1400. The number of aryl methyl sites for hydroxylation is 1. The molecule has 1 atom stereocenters. The molecule has 0 radical (unpaired) electrons. The molecular weight excluding hydrogens is 529 g/mol. The molecule has 0 aromatic heterocycles. The van der Waals surface area contributed by atoms with Gasteiger partial charge in [-0.25, -0.2) is 12.8 Å². The van der Waals surface area contributed by atoms with Gasteiger partial charge >= 0.3 is 0 Å². The van der Waals surface area contributed by atoms with Crippen molar-refractivity contribution < 1.29 is 22.4 Å². The minimum atomic E-state index is -3.85. The van der Waals surface area contributed by atoms with Crippen molar-refractivity contribution in [3.05, 3.63) is 101 Å². The number of carbonyl (C=O) groups excluding carboxylic acids is 2. The fourth-order valence-electron chi connectivity index (χ4n) is 4.45. The Morgan fingerprint density at radius 3 is 2.23 bits per heavy atom. The molecule has 3 aromatic carbocycles. The zero-order valence-electron chi connectivity index (χ0n) is 23.6. The maximum Gasteiger partial charge on any atom is 0.244 e. The summed E-state index contributed by atoms with van der Waals surface area (Å²) in [5.41, 5.74) is 3.50. The number of nitrogens with zero attached hydrogens (tertiary/aromatic N) is 2. The first kappa shape index (κ1) is 30.8. The standard InChI is InChI=1S/C31H38FN3O4S/c1-5-6-19-33-31(37)29(20-25-12-8-7-9-13-25)34(21-26-15-17-27(32)18-16-26)30(36)22-35(40(4,38)39)28-14-10-11-23(2)24(28)3/h7-18,29H,5-6,19-22H2,1-4H3,(H,33,37)/t29-/m1/s1. The zero-order chi connectivity index (χ0) is 29.3.